The molecule has 3 rings (SSSR count). The van der Waals surface area contributed by atoms with Gasteiger partial charge >= 0.3 is 0 Å². The van der Waals surface area contributed by atoms with Gasteiger partial charge in [0, 0.05) is 18.1 Å². The molecule has 1 atom stereocenters. The van der Waals surface area contributed by atoms with Crippen LogP contribution in [0.3, 0.4) is 0 Å². The summed E-state index contributed by atoms with van der Waals surface area (Å²) in [4.78, 5) is 12.4. The Kier molecular flexibility index (Phi) is 4.91. The van der Waals surface area contributed by atoms with Crippen LogP contribution >= 0.6 is 11.6 Å². The maximum atomic E-state index is 12.4. The summed E-state index contributed by atoms with van der Waals surface area (Å²) in [5.74, 6) is 1.16. The molecule has 2 aromatic heterocycles. The Morgan fingerprint density at radius 3 is 2.71 bits per heavy atom. The zero-order chi connectivity index (χ0) is 16.9. The number of ether oxygens (including phenoxy) is 1. The van der Waals surface area contributed by atoms with Crippen LogP contribution in [0, 0.1) is 0 Å². The summed E-state index contributed by atoms with van der Waals surface area (Å²) in [7, 11) is 1.55. The highest BCUT2D eigenvalue weighted by Crippen LogP contribution is 2.28. The van der Waals surface area contributed by atoms with Gasteiger partial charge in [-0.2, -0.15) is 0 Å². The van der Waals surface area contributed by atoms with E-state index in [0.717, 1.165) is 5.76 Å². The SMILES string of the molecule is COc1ccc(NC(=O)CC(c2ccco2)n2cccc2)cc1Cl. The van der Waals surface area contributed by atoms with Crippen molar-refractivity contribution in [3.8, 4) is 5.75 Å². The molecule has 124 valence electrons. The number of nitrogens with one attached hydrogen (secondary N) is 1. The molecule has 0 bridgehead atoms. The molecule has 2 heterocycles. The minimum absolute atomic E-state index is 0.133. The second kappa shape index (κ2) is 7.27. The summed E-state index contributed by atoms with van der Waals surface area (Å²) >= 11 is 6.09. The van der Waals surface area contributed by atoms with Crippen LogP contribution < -0.4 is 10.1 Å². The Hall–Kier alpha value is -2.66. The Balaban J connectivity index is 1.73. The molecule has 0 saturated carbocycles. The lowest BCUT2D eigenvalue weighted by molar-refractivity contribution is -0.116. The van der Waals surface area contributed by atoms with E-state index in [1.54, 1.807) is 31.6 Å². The van der Waals surface area contributed by atoms with E-state index in [2.05, 4.69) is 5.32 Å². The number of rotatable bonds is 6. The molecule has 0 spiro atoms. The van der Waals surface area contributed by atoms with Crippen LogP contribution in [0.1, 0.15) is 18.2 Å². The van der Waals surface area contributed by atoms with E-state index >= 15 is 0 Å². The maximum Gasteiger partial charge on any atom is 0.226 e. The van der Waals surface area contributed by atoms with Gasteiger partial charge in [-0.05, 0) is 42.5 Å². The van der Waals surface area contributed by atoms with E-state index < -0.39 is 0 Å². The molecular weight excluding hydrogens is 328 g/mol. The van der Waals surface area contributed by atoms with Gasteiger partial charge in [0.2, 0.25) is 5.91 Å². The van der Waals surface area contributed by atoms with E-state index in [9.17, 15) is 4.79 Å². The monoisotopic (exact) mass is 344 g/mol. The second-order valence-electron chi connectivity index (χ2n) is 5.26. The molecule has 5 nitrogen and oxygen atoms in total. The number of carbonyl (C=O) groups is 1. The Morgan fingerprint density at radius 2 is 2.08 bits per heavy atom. The minimum atomic E-state index is -0.205. The van der Waals surface area contributed by atoms with Gasteiger partial charge in [-0.3, -0.25) is 4.79 Å². The number of amides is 1. The van der Waals surface area contributed by atoms with E-state index in [1.807, 2.05) is 41.2 Å². The topological polar surface area (TPSA) is 56.4 Å². The van der Waals surface area contributed by atoms with Crippen LogP contribution in [0.2, 0.25) is 5.02 Å². The Morgan fingerprint density at radius 1 is 1.29 bits per heavy atom. The van der Waals surface area contributed by atoms with E-state index in [-0.39, 0.29) is 18.4 Å². The summed E-state index contributed by atoms with van der Waals surface area (Å²) in [6.07, 6.45) is 5.66. The predicted octanol–water partition coefficient (Wildman–Crippen LogP) is 4.36. The van der Waals surface area contributed by atoms with Crippen molar-refractivity contribution >= 4 is 23.2 Å². The third kappa shape index (κ3) is 3.63. The average molecular weight is 345 g/mol. The smallest absolute Gasteiger partial charge is 0.226 e. The fourth-order valence-corrected chi connectivity index (χ4v) is 2.78. The molecule has 1 unspecified atom stereocenters. The summed E-state index contributed by atoms with van der Waals surface area (Å²) < 4.78 is 12.5. The van der Waals surface area contributed by atoms with Gasteiger partial charge in [0.25, 0.3) is 0 Å². The van der Waals surface area contributed by atoms with Crippen molar-refractivity contribution in [3.63, 3.8) is 0 Å². The standard InChI is InChI=1S/C18H17ClN2O3/c1-23-16-7-6-13(11-14(16)19)20-18(22)12-15(17-5-4-10-24-17)21-8-2-3-9-21/h2-11,15H,12H2,1H3,(H,20,22). The number of benzene rings is 1. The van der Waals surface area contributed by atoms with Gasteiger partial charge in [-0.25, -0.2) is 0 Å². The van der Waals surface area contributed by atoms with Crippen LogP contribution in [0.5, 0.6) is 5.75 Å². The summed E-state index contributed by atoms with van der Waals surface area (Å²) in [6, 6.07) is 12.4. The molecular formula is C18H17ClN2O3. The number of halogens is 1. The van der Waals surface area contributed by atoms with Gasteiger partial charge in [0.05, 0.1) is 30.9 Å². The van der Waals surface area contributed by atoms with Gasteiger partial charge in [-0.15, -0.1) is 0 Å². The molecule has 1 N–H and O–H groups in total. The minimum Gasteiger partial charge on any atom is -0.495 e. The highest BCUT2D eigenvalue weighted by Gasteiger charge is 2.20. The highest BCUT2D eigenvalue weighted by atomic mass is 35.5. The molecule has 0 aliphatic rings. The van der Waals surface area contributed by atoms with Crippen molar-refractivity contribution in [1.82, 2.24) is 4.57 Å². The summed E-state index contributed by atoms with van der Waals surface area (Å²) in [6.45, 7) is 0. The molecule has 24 heavy (non-hydrogen) atoms. The number of anilines is 1. The van der Waals surface area contributed by atoms with Crippen LogP contribution in [0.15, 0.2) is 65.5 Å². The lowest BCUT2D eigenvalue weighted by atomic mass is 10.1. The first-order valence-electron chi connectivity index (χ1n) is 7.46. The third-order valence-corrected chi connectivity index (χ3v) is 3.97. The molecule has 0 saturated heterocycles. The van der Waals surface area contributed by atoms with Crippen LogP contribution in [0.25, 0.3) is 0 Å². The Labute approximate surface area is 144 Å². The highest BCUT2D eigenvalue weighted by molar-refractivity contribution is 6.32. The number of hydrogen-bond acceptors (Lipinski definition) is 3. The van der Waals surface area contributed by atoms with Crippen molar-refractivity contribution in [2.75, 3.05) is 12.4 Å². The zero-order valence-electron chi connectivity index (χ0n) is 13.1. The summed E-state index contributed by atoms with van der Waals surface area (Å²) in [5, 5.41) is 3.30. The number of aromatic nitrogens is 1. The first-order chi connectivity index (χ1) is 11.7. The first kappa shape index (κ1) is 16.2. The fourth-order valence-electron chi connectivity index (χ4n) is 2.52. The van der Waals surface area contributed by atoms with Crippen LogP contribution in [-0.4, -0.2) is 17.6 Å². The van der Waals surface area contributed by atoms with Crippen molar-refractivity contribution < 1.29 is 13.9 Å². The average Bonchev–Trinajstić information content (AvgIpc) is 3.26. The van der Waals surface area contributed by atoms with Gasteiger partial charge in [0.15, 0.2) is 0 Å². The van der Waals surface area contributed by atoms with Gasteiger partial charge < -0.3 is 19.0 Å². The second-order valence-corrected chi connectivity index (χ2v) is 5.67. The van der Waals surface area contributed by atoms with E-state index in [1.165, 1.54) is 0 Å². The number of nitrogens with zero attached hydrogens (tertiary/aromatic N) is 1. The first-order valence-corrected chi connectivity index (χ1v) is 7.84. The lowest BCUT2D eigenvalue weighted by Gasteiger charge is -2.17. The van der Waals surface area contributed by atoms with E-state index in [4.69, 9.17) is 20.8 Å². The van der Waals surface area contributed by atoms with E-state index in [0.29, 0.717) is 16.5 Å². The van der Waals surface area contributed by atoms with Crippen molar-refractivity contribution in [3.05, 3.63) is 71.9 Å². The predicted molar refractivity (Wildman–Crippen MR) is 92.5 cm³/mol. The molecule has 1 aromatic carbocycles. The van der Waals surface area contributed by atoms with Gasteiger partial charge in [0.1, 0.15) is 11.5 Å². The zero-order valence-corrected chi connectivity index (χ0v) is 13.9. The molecule has 0 aliphatic heterocycles. The number of carbonyl (C=O) groups excluding carboxylic acids is 1. The van der Waals surface area contributed by atoms with Crippen molar-refractivity contribution in [2.24, 2.45) is 0 Å². The molecule has 1 amide bonds. The molecule has 6 heteroatoms. The molecule has 0 fully saturated rings. The van der Waals surface area contributed by atoms with Crippen LogP contribution in [-0.2, 0) is 4.79 Å². The molecule has 0 radical (unpaired) electrons. The number of methoxy groups -OCH3 is 1. The van der Waals surface area contributed by atoms with Gasteiger partial charge in [-0.1, -0.05) is 11.6 Å². The van der Waals surface area contributed by atoms with Crippen molar-refractivity contribution in [2.45, 2.75) is 12.5 Å². The quantitative estimate of drug-likeness (QED) is 0.722. The third-order valence-electron chi connectivity index (χ3n) is 3.67. The fraction of sp³-hybridized carbons (Fsp3) is 0.167. The lowest BCUT2D eigenvalue weighted by Crippen LogP contribution is -2.19. The number of hydrogen-bond donors (Lipinski definition) is 1. The summed E-state index contributed by atoms with van der Waals surface area (Å²) in [5.41, 5.74) is 0.622. The Bertz CT molecular complexity index is 764. The largest absolute Gasteiger partial charge is 0.495 e. The molecule has 0 aliphatic carbocycles. The van der Waals surface area contributed by atoms with Crippen molar-refractivity contribution in [1.29, 1.82) is 0 Å². The molecule has 3 aromatic rings. The van der Waals surface area contributed by atoms with Crippen LogP contribution in [0.4, 0.5) is 5.69 Å². The maximum absolute atomic E-state index is 12.4. The normalized spacial score (nSPS) is 11.9. The number of furan rings is 1.